The molecule has 1 fully saturated rings. The average Bonchev–Trinajstić information content (AvgIpc) is 2.85. The molecule has 0 spiro atoms. The molecule has 1 aliphatic rings. The zero-order chi connectivity index (χ0) is 14.7. The van der Waals surface area contributed by atoms with Crippen LogP contribution in [0.2, 0.25) is 0 Å². The van der Waals surface area contributed by atoms with Crippen molar-refractivity contribution in [3.05, 3.63) is 35.4 Å². The van der Waals surface area contributed by atoms with Crippen molar-refractivity contribution in [1.29, 1.82) is 0 Å². The monoisotopic (exact) mass is 275 g/mol. The van der Waals surface area contributed by atoms with Gasteiger partial charge >= 0.3 is 5.97 Å². The van der Waals surface area contributed by atoms with Crippen molar-refractivity contribution < 1.29 is 14.7 Å². The predicted octanol–water partition coefficient (Wildman–Crippen LogP) is 3.04. The minimum atomic E-state index is -1.00. The van der Waals surface area contributed by atoms with Crippen LogP contribution in [0, 0.1) is 5.92 Å². The largest absolute Gasteiger partial charge is 0.478 e. The number of nitrogens with zero attached hydrogens (tertiary/aromatic N) is 1. The lowest BCUT2D eigenvalue weighted by molar-refractivity contribution is 0.0697. The molecule has 1 aromatic carbocycles. The van der Waals surface area contributed by atoms with Crippen LogP contribution < -0.4 is 0 Å². The first-order valence-electron chi connectivity index (χ1n) is 7.13. The Balaban J connectivity index is 2.18. The molecule has 0 radical (unpaired) electrons. The number of carbonyl (C=O) groups is 2. The molecule has 1 heterocycles. The topological polar surface area (TPSA) is 57.6 Å². The Kier molecular flexibility index (Phi) is 4.42. The van der Waals surface area contributed by atoms with Gasteiger partial charge in [-0.3, -0.25) is 4.79 Å². The van der Waals surface area contributed by atoms with Gasteiger partial charge in [-0.2, -0.15) is 0 Å². The van der Waals surface area contributed by atoms with Crippen molar-refractivity contribution in [3.63, 3.8) is 0 Å². The first-order chi connectivity index (χ1) is 9.49. The maximum atomic E-state index is 12.5. The summed E-state index contributed by atoms with van der Waals surface area (Å²) in [4.78, 5) is 25.4. The van der Waals surface area contributed by atoms with E-state index in [2.05, 4.69) is 13.8 Å². The van der Waals surface area contributed by atoms with Gasteiger partial charge in [-0.25, -0.2) is 4.79 Å². The van der Waals surface area contributed by atoms with E-state index < -0.39 is 5.97 Å². The van der Waals surface area contributed by atoms with Crippen molar-refractivity contribution in [2.24, 2.45) is 5.92 Å². The summed E-state index contributed by atoms with van der Waals surface area (Å²) >= 11 is 0. The van der Waals surface area contributed by atoms with Gasteiger partial charge < -0.3 is 10.0 Å². The van der Waals surface area contributed by atoms with Crippen LogP contribution in [0.1, 0.15) is 53.8 Å². The zero-order valence-corrected chi connectivity index (χ0v) is 12.0. The third kappa shape index (κ3) is 3.18. The Labute approximate surface area is 119 Å². The molecule has 1 atom stereocenters. The summed E-state index contributed by atoms with van der Waals surface area (Å²) in [6.45, 7) is 5.09. The fourth-order valence-electron chi connectivity index (χ4n) is 2.84. The van der Waals surface area contributed by atoms with Crippen molar-refractivity contribution in [1.82, 2.24) is 4.90 Å². The van der Waals surface area contributed by atoms with E-state index in [9.17, 15) is 9.59 Å². The van der Waals surface area contributed by atoms with Crippen molar-refractivity contribution in [3.8, 4) is 0 Å². The maximum Gasteiger partial charge on any atom is 0.335 e. The van der Waals surface area contributed by atoms with Gasteiger partial charge in [-0.15, -0.1) is 0 Å². The average molecular weight is 275 g/mol. The fraction of sp³-hybridized carbons (Fsp3) is 0.500. The fourth-order valence-corrected chi connectivity index (χ4v) is 2.84. The summed E-state index contributed by atoms with van der Waals surface area (Å²) in [5.41, 5.74) is 0.635. The van der Waals surface area contributed by atoms with E-state index in [0.29, 0.717) is 11.5 Å². The van der Waals surface area contributed by atoms with E-state index >= 15 is 0 Å². The lowest BCUT2D eigenvalue weighted by Gasteiger charge is -2.26. The molecule has 4 nitrogen and oxygen atoms in total. The van der Waals surface area contributed by atoms with Gasteiger partial charge in [0, 0.05) is 18.2 Å². The van der Waals surface area contributed by atoms with Crippen molar-refractivity contribution >= 4 is 11.9 Å². The molecule has 0 aliphatic carbocycles. The van der Waals surface area contributed by atoms with E-state index in [-0.39, 0.29) is 17.5 Å². The van der Waals surface area contributed by atoms with Crippen molar-refractivity contribution in [2.45, 2.75) is 39.2 Å². The summed E-state index contributed by atoms with van der Waals surface area (Å²) in [5.74, 6) is -0.491. The minimum absolute atomic E-state index is 0.0451. The predicted molar refractivity (Wildman–Crippen MR) is 76.9 cm³/mol. The molecule has 20 heavy (non-hydrogen) atoms. The maximum absolute atomic E-state index is 12.5. The number of hydrogen-bond donors (Lipinski definition) is 1. The number of carboxylic acids is 1. The number of hydrogen-bond acceptors (Lipinski definition) is 2. The van der Waals surface area contributed by atoms with E-state index in [1.54, 1.807) is 12.1 Å². The second kappa shape index (κ2) is 6.07. The van der Waals surface area contributed by atoms with Crippen molar-refractivity contribution in [2.75, 3.05) is 6.54 Å². The number of carboxylic acid groups (broad SMARTS) is 1. The minimum Gasteiger partial charge on any atom is -0.478 e. The first kappa shape index (κ1) is 14.6. The van der Waals surface area contributed by atoms with Crippen LogP contribution in [0.4, 0.5) is 0 Å². The molecule has 108 valence electrons. The van der Waals surface area contributed by atoms with E-state index in [1.807, 2.05) is 4.90 Å². The molecule has 1 unspecified atom stereocenters. The molecule has 0 saturated carbocycles. The summed E-state index contributed by atoms with van der Waals surface area (Å²) in [7, 11) is 0. The first-order valence-corrected chi connectivity index (χ1v) is 7.13. The molecule has 1 N–H and O–H groups in total. The SMILES string of the molecule is CC(C)CC1CCCN1C(=O)c1cccc(C(=O)O)c1. The molecule has 0 aromatic heterocycles. The lowest BCUT2D eigenvalue weighted by atomic mass is 10.0. The lowest BCUT2D eigenvalue weighted by Crippen LogP contribution is -2.36. The van der Waals surface area contributed by atoms with E-state index in [0.717, 1.165) is 25.8 Å². The summed E-state index contributed by atoms with van der Waals surface area (Å²) in [6, 6.07) is 6.59. The van der Waals surface area contributed by atoms with Crippen LogP contribution >= 0.6 is 0 Å². The Morgan fingerprint density at radius 3 is 2.70 bits per heavy atom. The van der Waals surface area contributed by atoms with Gasteiger partial charge in [0.25, 0.3) is 5.91 Å². The highest BCUT2D eigenvalue weighted by atomic mass is 16.4. The molecule has 2 rings (SSSR count). The molecular formula is C16H21NO3. The highest BCUT2D eigenvalue weighted by Gasteiger charge is 2.29. The molecular weight excluding hydrogens is 254 g/mol. The highest BCUT2D eigenvalue weighted by Crippen LogP contribution is 2.25. The van der Waals surface area contributed by atoms with Gasteiger partial charge in [0.1, 0.15) is 0 Å². The second-order valence-corrected chi connectivity index (χ2v) is 5.81. The number of amides is 1. The smallest absolute Gasteiger partial charge is 0.335 e. The van der Waals surface area contributed by atoms with E-state index in [4.69, 9.17) is 5.11 Å². The summed E-state index contributed by atoms with van der Waals surface area (Å²) in [6.07, 6.45) is 3.08. The molecule has 1 aromatic rings. The van der Waals surface area contributed by atoms with Crippen LogP contribution in [0.5, 0.6) is 0 Å². The normalized spacial score (nSPS) is 18.6. The third-order valence-electron chi connectivity index (χ3n) is 3.74. The standard InChI is InChI=1S/C16H21NO3/c1-11(2)9-14-7-4-8-17(14)15(18)12-5-3-6-13(10-12)16(19)20/h3,5-6,10-11,14H,4,7-9H2,1-2H3,(H,19,20). The van der Waals surface area contributed by atoms with Gasteiger partial charge in [0.2, 0.25) is 0 Å². The molecule has 1 amide bonds. The third-order valence-corrected chi connectivity index (χ3v) is 3.74. The van der Waals surface area contributed by atoms with Crippen LogP contribution in [0.3, 0.4) is 0 Å². The molecule has 4 heteroatoms. The van der Waals surface area contributed by atoms with Crippen LogP contribution in [0.15, 0.2) is 24.3 Å². The van der Waals surface area contributed by atoms with Crippen LogP contribution in [-0.2, 0) is 0 Å². The Morgan fingerprint density at radius 2 is 2.05 bits per heavy atom. The number of benzene rings is 1. The zero-order valence-electron chi connectivity index (χ0n) is 12.0. The van der Waals surface area contributed by atoms with E-state index in [1.165, 1.54) is 12.1 Å². The van der Waals surface area contributed by atoms with Gasteiger partial charge in [0.05, 0.1) is 5.56 Å². The summed E-state index contributed by atoms with van der Waals surface area (Å²) in [5, 5.41) is 9.00. The number of aromatic carboxylic acids is 1. The Morgan fingerprint density at radius 1 is 1.35 bits per heavy atom. The molecule has 0 bridgehead atoms. The quantitative estimate of drug-likeness (QED) is 0.918. The second-order valence-electron chi connectivity index (χ2n) is 5.81. The summed E-state index contributed by atoms with van der Waals surface area (Å²) < 4.78 is 0. The van der Waals surface area contributed by atoms with Gasteiger partial charge in [0.15, 0.2) is 0 Å². The number of likely N-dealkylation sites (tertiary alicyclic amines) is 1. The van der Waals surface area contributed by atoms with Gasteiger partial charge in [-0.1, -0.05) is 19.9 Å². The van der Waals surface area contributed by atoms with Crippen LogP contribution in [-0.4, -0.2) is 34.5 Å². The Hall–Kier alpha value is -1.84. The highest BCUT2D eigenvalue weighted by molar-refractivity contribution is 5.97. The van der Waals surface area contributed by atoms with Gasteiger partial charge in [-0.05, 0) is 43.4 Å². The number of rotatable bonds is 4. The molecule has 1 aliphatic heterocycles. The Bertz CT molecular complexity index is 510. The molecule has 1 saturated heterocycles. The van der Waals surface area contributed by atoms with Crippen LogP contribution in [0.25, 0.3) is 0 Å². The number of carbonyl (C=O) groups excluding carboxylic acids is 1.